The van der Waals surface area contributed by atoms with E-state index in [1.807, 2.05) is 0 Å². The van der Waals surface area contributed by atoms with E-state index in [1.54, 1.807) is 0 Å². The van der Waals surface area contributed by atoms with Crippen molar-refractivity contribution < 1.29 is 19.2 Å². The molecule has 0 radical (unpaired) electrons. The van der Waals surface area contributed by atoms with Gasteiger partial charge < -0.3 is 9.47 Å². The number of carbonyl (C=O) groups excluding carboxylic acids is 1. The van der Waals surface area contributed by atoms with Crippen LogP contribution in [0.25, 0.3) is 0 Å². The minimum Gasteiger partial charge on any atom is -0.490 e. The number of hydrogen-bond acceptors (Lipinski definition) is 5. The van der Waals surface area contributed by atoms with Gasteiger partial charge in [-0.05, 0) is 12.1 Å². The van der Waals surface area contributed by atoms with Crippen LogP contribution in [0, 0.1) is 10.1 Å². The molecule has 0 fully saturated rings. The molecule has 1 aromatic rings. The summed E-state index contributed by atoms with van der Waals surface area (Å²) in [6.07, 6.45) is 1.38. The Bertz CT molecular complexity index is 455. The second-order valence-electron chi connectivity index (χ2n) is 3.00. The first-order valence-electron chi connectivity index (χ1n) is 4.71. The van der Waals surface area contributed by atoms with Crippen LogP contribution in [0.1, 0.15) is 10.4 Å². The summed E-state index contributed by atoms with van der Waals surface area (Å²) in [5, 5.41) is 10.9. The first kappa shape index (κ1) is 12.7. The Balaban J connectivity index is 3.18. The lowest BCUT2D eigenvalue weighted by Gasteiger charge is -2.06. The Morgan fingerprint density at radius 3 is 2.82 bits per heavy atom. The second kappa shape index (κ2) is 5.64. The van der Waals surface area contributed by atoms with E-state index in [-0.39, 0.29) is 17.9 Å². The van der Waals surface area contributed by atoms with Gasteiger partial charge in [-0.3, -0.25) is 10.1 Å². The summed E-state index contributed by atoms with van der Waals surface area (Å²) in [6.45, 7) is 3.38. The fraction of sp³-hybridized carbons (Fsp3) is 0.182. The smallest absolute Gasteiger partial charge is 0.345 e. The minimum atomic E-state index is -0.782. The number of ether oxygens (including phenoxy) is 2. The van der Waals surface area contributed by atoms with Crippen LogP contribution >= 0.6 is 0 Å². The Labute approximate surface area is 97.6 Å². The third-order valence-corrected chi connectivity index (χ3v) is 1.95. The molecule has 0 saturated heterocycles. The van der Waals surface area contributed by atoms with Gasteiger partial charge >= 0.3 is 11.7 Å². The lowest BCUT2D eigenvalue weighted by atomic mass is 10.1. The number of nitro groups is 1. The van der Waals surface area contributed by atoms with Gasteiger partial charge in [0, 0.05) is 0 Å². The fourth-order valence-corrected chi connectivity index (χ4v) is 1.25. The summed E-state index contributed by atoms with van der Waals surface area (Å²) in [5.74, 6) is -0.765. The van der Waals surface area contributed by atoms with Gasteiger partial charge in [-0.2, -0.15) is 0 Å². The van der Waals surface area contributed by atoms with Crippen molar-refractivity contribution in [2.75, 3.05) is 13.7 Å². The summed E-state index contributed by atoms with van der Waals surface area (Å²) < 4.78 is 9.58. The van der Waals surface area contributed by atoms with Crippen molar-refractivity contribution in [3.05, 3.63) is 46.5 Å². The maximum atomic E-state index is 11.6. The Morgan fingerprint density at radius 2 is 2.29 bits per heavy atom. The summed E-state index contributed by atoms with van der Waals surface area (Å²) in [5.41, 5.74) is -0.541. The fourth-order valence-electron chi connectivity index (χ4n) is 1.25. The highest BCUT2D eigenvalue weighted by molar-refractivity contribution is 5.95. The van der Waals surface area contributed by atoms with Gasteiger partial charge in [0.05, 0.1) is 12.0 Å². The molecule has 90 valence electrons. The van der Waals surface area contributed by atoms with E-state index in [2.05, 4.69) is 6.58 Å². The Morgan fingerprint density at radius 1 is 1.59 bits per heavy atom. The topological polar surface area (TPSA) is 78.7 Å². The van der Waals surface area contributed by atoms with Crippen molar-refractivity contribution in [3.8, 4) is 5.75 Å². The molecule has 0 bridgehead atoms. The van der Waals surface area contributed by atoms with Crippen molar-refractivity contribution in [1.82, 2.24) is 0 Å². The molecule has 0 heterocycles. The van der Waals surface area contributed by atoms with E-state index < -0.39 is 16.6 Å². The van der Waals surface area contributed by atoms with Crippen molar-refractivity contribution in [2.24, 2.45) is 0 Å². The zero-order valence-electron chi connectivity index (χ0n) is 9.21. The lowest BCUT2D eigenvalue weighted by Crippen LogP contribution is -2.09. The molecule has 6 nitrogen and oxygen atoms in total. The highest BCUT2D eigenvalue weighted by Gasteiger charge is 2.25. The van der Waals surface area contributed by atoms with Crippen LogP contribution in [0.5, 0.6) is 5.75 Å². The molecular formula is C11H11NO5. The molecule has 0 saturated carbocycles. The zero-order chi connectivity index (χ0) is 12.8. The number of rotatable bonds is 5. The SMILES string of the molecule is C=CCOC(=O)c1cccc(OC)c1[N+](=O)[O-]. The Hall–Kier alpha value is -2.37. The number of para-hydroxylation sites is 1. The normalized spacial score (nSPS) is 9.47. The average Bonchev–Trinajstić information content (AvgIpc) is 2.34. The summed E-state index contributed by atoms with van der Waals surface area (Å²) in [6, 6.07) is 4.20. The summed E-state index contributed by atoms with van der Waals surface area (Å²) in [7, 11) is 1.29. The number of carbonyl (C=O) groups is 1. The highest BCUT2D eigenvalue weighted by Crippen LogP contribution is 2.30. The molecule has 0 amide bonds. The number of nitrogens with zero attached hydrogens (tertiary/aromatic N) is 1. The lowest BCUT2D eigenvalue weighted by molar-refractivity contribution is -0.386. The average molecular weight is 237 g/mol. The largest absolute Gasteiger partial charge is 0.490 e. The van der Waals surface area contributed by atoms with E-state index in [0.29, 0.717) is 0 Å². The van der Waals surface area contributed by atoms with E-state index in [1.165, 1.54) is 31.4 Å². The van der Waals surface area contributed by atoms with Crippen LogP contribution in [0.15, 0.2) is 30.9 Å². The number of esters is 1. The Kier molecular flexibility index (Phi) is 4.21. The van der Waals surface area contributed by atoms with Gasteiger partial charge in [0.15, 0.2) is 5.75 Å². The van der Waals surface area contributed by atoms with E-state index in [4.69, 9.17) is 9.47 Å². The van der Waals surface area contributed by atoms with Crippen LogP contribution in [0.2, 0.25) is 0 Å². The molecule has 0 aromatic heterocycles. The maximum Gasteiger partial charge on any atom is 0.345 e. The van der Waals surface area contributed by atoms with Crippen LogP contribution in [0.3, 0.4) is 0 Å². The summed E-state index contributed by atoms with van der Waals surface area (Å²) in [4.78, 5) is 21.8. The molecule has 6 heteroatoms. The molecule has 0 aliphatic heterocycles. The quantitative estimate of drug-likeness (QED) is 0.338. The van der Waals surface area contributed by atoms with Gasteiger partial charge in [0.2, 0.25) is 0 Å². The standard InChI is InChI=1S/C11H11NO5/c1-3-7-17-11(13)8-5-4-6-9(16-2)10(8)12(14)15/h3-6H,1,7H2,2H3. The second-order valence-corrected chi connectivity index (χ2v) is 3.00. The molecule has 0 aliphatic rings. The van der Waals surface area contributed by atoms with Crippen LogP contribution in [-0.4, -0.2) is 24.6 Å². The molecule has 0 atom stereocenters. The third-order valence-electron chi connectivity index (χ3n) is 1.95. The van der Waals surface area contributed by atoms with E-state index in [0.717, 1.165) is 0 Å². The minimum absolute atomic E-state index is 0.00675. The molecule has 1 rings (SSSR count). The van der Waals surface area contributed by atoms with Crippen molar-refractivity contribution in [3.63, 3.8) is 0 Å². The van der Waals surface area contributed by atoms with Gasteiger partial charge in [0.25, 0.3) is 0 Å². The number of nitro benzene ring substituents is 1. The zero-order valence-corrected chi connectivity index (χ0v) is 9.21. The molecule has 0 unspecified atom stereocenters. The molecule has 0 spiro atoms. The van der Waals surface area contributed by atoms with E-state index in [9.17, 15) is 14.9 Å². The first-order chi connectivity index (χ1) is 8.11. The molecule has 17 heavy (non-hydrogen) atoms. The third kappa shape index (κ3) is 2.81. The van der Waals surface area contributed by atoms with Crippen LogP contribution < -0.4 is 4.74 Å². The summed E-state index contributed by atoms with van der Waals surface area (Å²) >= 11 is 0. The number of benzene rings is 1. The predicted molar refractivity (Wildman–Crippen MR) is 60.1 cm³/mol. The molecular weight excluding hydrogens is 226 g/mol. The van der Waals surface area contributed by atoms with Gasteiger partial charge in [-0.25, -0.2) is 4.79 Å². The maximum absolute atomic E-state index is 11.6. The monoisotopic (exact) mass is 237 g/mol. The number of hydrogen-bond donors (Lipinski definition) is 0. The molecule has 0 N–H and O–H groups in total. The van der Waals surface area contributed by atoms with Crippen molar-refractivity contribution >= 4 is 11.7 Å². The first-order valence-corrected chi connectivity index (χ1v) is 4.71. The van der Waals surface area contributed by atoms with Gasteiger partial charge in [-0.15, -0.1) is 0 Å². The van der Waals surface area contributed by atoms with Gasteiger partial charge in [-0.1, -0.05) is 18.7 Å². The van der Waals surface area contributed by atoms with Crippen molar-refractivity contribution in [2.45, 2.75) is 0 Å². The highest BCUT2D eigenvalue weighted by atomic mass is 16.6. The number of methoxy groups -OCH3 is 1. The van der Waals surface area contributed by atoms with Crippen molar-refractivity contribution in [1.29, 1.82) is 0 Å². The van der Waals surface area contributed by atoms with Crippen LogP contribution in [0.4, 0.5) is 5.69 Å². The van der Waals surface area contributed by atoms with Gasteiger partial charge in [0.1, 0.15) is 12.2 Å². The van der Waals surface area contributed by atoms with E-state index >= 15 is 0 Å². The molecule has 0 aliphatic carbocycles. The predicted octanol–water partition coefficient (Wildman–Crippen LogP) is 1.95. The molecule has 1 aromatic carbocycles. The van der Waals surface area contributed by atoms with Crippen LogP contribution in [-0.2, 0) is 4.74 Å².